The highest BCUT2D eigenvalue weighted by atomic mass is 31.2. The standard InChI is InChI=1S/C12H14P/c1-13(11-6-7-11)9-8-10-4-2-3-5-12(10)13/h2-5,8-9,11H,6-7H2,1H3/q+1. The van der Waals surface area contributed by atoms with E-state index in [-0.39, 0.29) is 0 Å². The van der Waals surface area contributed by atoms with Gasteiger partial charge in [0.1, 0.15) is 5.30 Å². The van der Waals surface area contributed by atoms with Crippen LogP contribution >= 0.6 is 7.26 Å². The summed E-state index contributed by atoms with van der Waals surface area (Å²) in [5.41, 5.74) is 2.50. The molecule has 3 rings (SSSR count). The number of benzene rings is 1. The Kier molecular flexibility index (Phi) is 1.46. The van der Waals surface area contributed by atoms with Crippen LogP contribution in [0.1, 0.15) is 18.4 Å². The molecule has 1 saturated carbocycles. The lowest BCUT2D eigenvalue weighted by Gasteiger charge is -2.15. The van der Waals surface area contributed by atoms with Gasteiger partial charge in [0.2, 0.25) is 0 Å². The fourth-order valence-corrected chi connectivity index (χ4v) is 5.91. The van der Waals surface area contributed by atoms with Gasteiger partial charge in [-0.15, -0.1) is 0 Å². The van der Waals surface area contributed by atoms with Crippen molar-refractivity contribution in [2.45, 2.75) is 18.5 Å². The van der Waals surface area contributed by atoms with Crippen molar-refractivity contribution in [3.8, 4) is 0 Å². The largest absolute Gasteiger partial charge is 0.106 e. The van der Waals surface area contributed by atoms with Crippen molar-refractivity contribution in [2.24, 2.45) is 0 Å². The molecule has 1 aromatic carbocycles. The lowest BCUT2D eigenvalue weighted by atomic mass is 10.2. The molecular formula is C12H14P+. The first-order valence-electron chi connectivity index (χ1n) is 4.95. The first kappa shape index (κ1) is 7.76. The zero-order chi connectivity index (χ0) is 8.89. The van der Waals surface area contributed by atoms with Crippen LogP contribution < -0.4 is 5.30 Å². The van der Waals surface area contributed by atoms with E-state index in [1.807, 2.05) is 0 Å². The van der Waals surface area contributed by atoms with Gasteiger partial charge in [0, 0.05) is 5.56 Å². The number of hydrogen-bond donors (Lipinski definition) is 0. The molecule has 1 fully saturated rings. The summed E-state index contributed by atoms with van der Waals surface area (Å²) in [5, 5.41) is 1.65. The molecule has 1 aromatic rings. The van der Waals surface area contributed by atoms with Crippen molar-refractivity contribution < 1.29 is 0 Å². The minimum absolute atomic E-state index is 0.851. The van der Waals surface area contributed by atoms with Crippen molar-refractivity contribution >= 4 is 18.6 Å². The second kappa shape index (κ2) is 2.45. The molecule has 1 aliphatic heterocycles. The molecule has 0 bridgehead atoms. The average Bonchev–Trinajstić information content (AvgIpc) is 2.95. The van der Waals surface area contributed by atoms with Gasteiger partial charge >= 0.3 is 0 Å². The third-order valence-corrected chi connectivity index (χ3v) is 7.57. The molecule has 1 aliphatic carbocycles. The highest BCUT2D eigenvalue weighted by Gasteiger charge is 2.51. The average molecular weight is 189 g/mol. The Labute approximate surface area is 80.0 Å². The fourth-order valence-electron chi connectivity index (χ4n) is 2.31. The maximum absolute atomic E-state index is 2.51. The van der Waals surface area contributed by atoms with E-state index in [1.165, 1.54) is 18.4 Å². The highest BCUT2D eigenvalue weighted by molar-refractivity contribution is 7.86. The minimum atomic E-state index is -0.851. The third kappa shape index (κ3) is 1.02. The van der Waals surface area contributed by atoms with Crippen LogP contribution in [-0.4, -0.2) is 12.3 Å². The number of rotatable bonds is 1. The minimum Gasteiger partial charge on any atom is -0.0614 e. The molecule has 0 saturated heterocycles. The van der Waals surface area contributed by atoms with E-state index in [0.29, 0.717) is 0 Å². The second-order valence-corrected chi connectivity index (χ2v) is 8.06. The smallest absolute Gasteiger partial charge is 0.0614 e. The molecule has 0 nitrogen and oxygen atoms in total. The maximum Gasteiger partial charge on any atom is 0.106 e. The zero-order valence-corrected chi connectivity index (χ0v) is 8.80. The van der Waals surface area contributed by atoms with Crippen LogP contribution in [0.2, 0.25) is 0 Å². The van der Waals surface area contributed by atoms with E-state index >= 15 is 0 Å². The molecule has 1 heteroatoms. The Bertz CT molecular complexity index is 376. The Morgan fingerprint density at radius 3 is 2.77 bits per heavy atom. The van der Waals surface area contributed by atoms with Crippen LogP contribution in [0.4, 0.5) is 0 Å². The Morgan fingerprint density at radius 1 is 1.23 bits per heavy atom. The van der Waals surface area contributed by atoms with Crippen LogP contribution in [0.5, 0.6) is 0 Å². The molecule has 1 heterocycles. The summed E-state index contributed by atoms with van der Waals surface area (Å²) >= 11 is 0. The van der Waals surface area contributed by atoms with Gasteiger partial charge in [-0.05, 0) is 25.0 Å². The molecule has 1 unspecified atom stereocenters. The lowest BCUT2D eigenvalue weighted by molar-refractivity contribution is 1.47. The van der Waals surface area contributed by atoms with Gasteiger partial charge in [-0.1, -0.05) is 18.2 Å². The van der Waals surface area contributed by atoms with Crippen LogP contribution in [0.3, 0.4) is 0 Å². The summed E-state index contributed by atoms with van der Waals surface area (Å²) in [6, 6.07) is 8.92. The monoisotopic (exact) mass is 189 g/mol. The van der Waals surface area contributed by atoms with Crippen molar-refractivity contribution in [3.05, 3.63) is 35.6 Å². The Morgan fingerprint density at radius 2 is 2.00 bits per heavy atom. The summed E-state index contributed by atoms with van der Waals surface area (Å²) in [6.45, 7) is 2.49. The normalized spacial score (nSPS) is 30.5. The van der Waals surface area contributed by atoms with Gasteiger partial charge in [-0.2, -0.15) is 0 Å². The molecule has 0 amide bonds. The van der Waals surface area contributed by atoms with E-state index in [4.69, 9.17) is 0 Å². The Hall–Kier alpha value is -0.610. The predicted molar refractivity (Wildman–Crippen MR) is 61.0 cm³/mol. The quantitative estimate of drug-likeness (QED) is 0.595. The molecule has 0 aromatic heterocycles. The van der Waals surface area contributed by atoms with Crippen molar-refractivity contribution in [1.29, 1.82) is 0 Å². The first-order chi connectivity index (χ1) is 6.31. The summed E-state index contributed by atoms with van der Waals surface area (Å²) in [7, 11) is -0.851. The van der Waals surface area contributed by atoms with Crippen molar-refractivity contribution in [3.63, 3.8) is 0 Å². The highest BCUT2D eigenvalue weighted by Crippen LogP contribution is 2.70. The molecule has 0 spiro atoms. The predicted octanol–water partition coefficient (Wildman–Crippen LogP) is 3.11. The number of fused-ring (bicyclic) bond motifs is 1. The van der Waals surface area contributed by atoms with E-state index < -0.39 is 7.26 Å². The van der Waals surface area contributed by atoms with Gasteiger partial charge < -0.3 is 0 Å². The van der Waals surface area contributed by atoms with Gasteiger partial charge in [-0.3, -0.25) is 0 Å². The van der Waals surface area contributed by atoms with E-state index in [2.05, 4.69) is 42.8 Å². The Balaban J connectivity index is 2.15. The maximum atomic E-state index is 2.51. The molecule has 2 aliphatic rings. The van der Waals surface area contributed by atoms with Gasteiger partial charge in [0.25, 0.3) is 0 Å². The van der Waals surface area contributed by atoms with E-state index in [1.54, 1.807) is 5.30 Å². The summed E-state index contributed by atoms with van der Waals surface area (Å²) in [5.74, 6) is 2.51. The molecular weight excluding hydrogens is 175 g/mol. The van der Waals surface area contributed by atoms with Crippen LogP contribution in [-0.2, 0) is 0 Å². The van der Waals surface area contributed by atoms with Gasteiger partial charge in [-0.25, -0.2) is 0 Å². The molecule has 1 atom stereocenters. The summed E-state index contributed by atoms with van der Waals surface area (Å²) in [6.07, 6.45) is 5.26. The topological polar surface area (TPSA) is 0 Å². The van der Waals surface area contributed by atoms with Gasteiger partial charge in [0.15, 0.2) is 0 Å². The molecule has 0 N–H and O–H groups in total. The number of hydrogen-bond acceptors (Lipinski definition) is 0. The fraction of sp³-hybridized carbons (Fsp3) is 0.333. The van der Waals surface area contributed by atoms with Crippen molar-refractivity contribution in [1.82, 2.24) is 0 Å². The van der Waals surface area contributed by atoms with Crippen molar-refractivity contribution in [2.75, 3.05) is 6.66 Å². The van der Waals surface area contributed by atoms with Gasteiger partial charge in [0.05, 0.1) is 25.4 Å². The van der Waals surface area contributed by atoms with E-state index in [0.717, 1.165) is 5.66 Å². The second-order valence-electron chi connectivity index (χ2n) is 4.25. The lowest BCUT2D eigenvalue weighted by Crippen LogP contribution is -2.10. The summed E-state index contributed by atoms with van der Waals surface area (Å²) in [4.78, 5) is 0. The molecule has 0 radical (unpaired) electrons. The van der Waals surface area contributed by atoms with Crippen LogP contribution in [0.15, 0.2) is 30.1 Å². The first-order valence-corrected chi connectivity index (χ1v) is 7.33. The van der Waals surface area contributed by atoms with Crippen LogP contribution in [0, 0.1) is 0 Å². The van der Waals surface area contributed by atoms with E-state index in [9.17, 15) is 0 Å². The third-order valence-electron chi connectivity index (χ3n) is 3.33. The molecule has 66 valence electrons. The summed E-state index contributed by atoms with van der Waals surface area (Å²) < 4.78 is 0. The molecule has 13 heavy (non-hydrogen) atoms. The van der Waals surface area contributed by atoms with Crippen LogP contribution in [0.25, 0.3) is 6.08 Å². The SMILES string of the molecule is C[P+]1(C2CC2)C=Cc2ccccc21. The zero-order valence-electron chi connectivity index (χ0n) is 7.90.